The number of phenolic OH excluding ortho intramolecular Hbond substituents is 1. The van der Waals surface area contributed by atoms with Gasteiger partial charge < -0.3 is 20.5 Å². The van der Waals surface area contributed by atoms with E-state index in [0.29, 0.717) is 29.7 Å². The summed E-state index contributed by atoms with van der Waals surface area (Å²) in [6.45, 7) is 1.28. The first kappa shape index (κ1) is 13.2. The highest BCUT2D eigenvalue weighted by Crippen LogP contribution is 2.35. The number of rotatable bonds is 4. The number of ether oxygens (including phenoxy) is 1. The summed E-state index contributed by atoms with van der Waals surface area (Å²) in [6, 6.07) is 3.77. The van der Waals surface area contributed by atoms with Gasteiger partial charge in [-0.25, -0.2) is 0 Å². The van der Waals surface area contributed by atoms with Crippen LogP contribution in [-0.4, -0.2) is 30.7 Å². The third-order valence-electron chi connectivity index (χ3n) is 2.88. The second-order valence-electron chi connectivity index (χ2n) is 4.21. The van der Waals surface area contributed by atoms with Crippen molar-refractivity contribution in [3.8, 4) is 11.5 Å². The number of halogens is 1. The number of hydrogen-bond donors (Lipinski definition) is 3. The van der Waals surface area contributed by atoms with Crippen molar-refractivity contribution in [3.63, 3.8) is 0 Å². The summed E-state index contributed by atoms with van der Waals surface area (Å²) in [5, 5.41) is 15.7. The molecule has 98 valence electrons. The minimum absolute atomic E-state index is 0.0805. The van der Waals surface area contributed by atoms with Crippen LogP contribution in [0, 0.1) is 0 Å². The molecule has 18 heavy (non-hydrogen) atoms. The van der Waals surface area contributed by atoms with E-state index in [1.54, 1.807) is 6.07 Å². The lowest BCUT2D eigenvalue weighted by Gasteiger charge is -2.12. The highest BCUT2D eigenvalue weighted by molar-refractivity contribution is 9.10. The molecule has 1 unspecified atom stereocenters. The molecule has 1 saturated heterocycles. The van der Waals surface area contributed by atoms with Crippen LogP contribution >= 0.6 is 15.9 Å². The second kappa shape index (κ2) is 5.58. The maximum Gasteiger partial charge on any atom is 0.221 e. The average Bonchev–Trinajstić information content (AvgIpc) is 2.76. The molecule has 5 nitrogen and oxygen atoms in total. The first-order chi connectivity index (χ1) is 8.60. The molecule has 1 atom stereocenters. The van der Waals surface area contributed by atoms with Gasteiger partial charge in [0.05, 0.1) is 11.6 Å². The Labute approximate surface area is 114 Å². The van der Waals surface area contributed by atoms with Crippen LogP contribution in [0.2, 0.25) is 0 Å². The fourth-order valence-electron chi connectivity index (χ4n) is 1.90. The van der Waals surface area contributed by atoms with Crippen LogP contribution in [0.1, 0.15) is 12.0 Å². The van der Waals surface area contributed by atoms with Crippen molar-refractivity contribution in [1.82, 2.24) is 10.6 Å². The number of hydrogen-bond acceptors (Lipinski definition) is 4. The SMILES string of the molecule is COc1cc(CNC2CNC(=O)C2)cc(Br)c1O. The molecule has 2 rings (SSSR count). The molecule has 1 heterocycles. The van der Waals surface area contributed by atoms with Crippen LogP contribution in [-0.2, 0) is 11.3 Å². The summed E-state index contributed by atoms with van der Waals surface area (Å²) in [6.07, 6.45) is 0.510. The van der Waals surface area contributed by atoms with Crippen LogP contribution < -0.4 is 15.4 Å². The first-order valence-corrected chi connectivity index (χ1v) is 6.45. The van der Waals surface area contributed by atoms with E-state index in [-0.39, 0.29) is 17.7 Å². The molecule has 1 aromatic rings. The minimum Gasteiger partial charge on any atom is -0.503 e. The molecule has 0 aliphatic carbocycles. The maximum atomic E-state index is 11.1. The molecule has 0 spiro atoms. The van der Waals surface area contributed by atoms with Crippen molar-refractivity contribution in [2.45, 2.75) is 19.0 Å². The summed E-state index contributed by atoms with van der Waals surface area (Å²) < 4.78 is 5.68. The zero-order chi connectivity index (χ0) is 13.1. The van der Waals surface area contributed by atoms with Crippen LogP contribution in [0.25, 0.3) is 0 Å². The molecule has 0 saturated carbocycles. The van der Waals surface area contributed by atoms with E-state index >= 15 is 0 Å². The Kier molecular flexibility index (Phi) is 4.08. The lowest BCUT2D eigenvalue weighted by molar-refractivity contribution is -0.119. The van der Waals surface area contributed by atoms with E-state index in [2.05, 4.69) is 26.6 Å². The lowest BCUT2D eigenvalue weighted by atomic mass is 10.1. The predicted molar refractivity (Wildman–Crippen MR) is 70.6 cm³/mol. The predicted octanol–water partition coefficient (Wildman–Crippen LogP) is 1.14. The van der Waals surface area contributed by atoms with Crippen LogP contribution in [0.15, 0.2) is 16.6 Å². The second-order valence-corrected chi connectivity index (χ2v) is 5.07. The fourth-order valence-corrected chi connectivity index (χ4v) is 2.39. The third-order valence-corrected chi connectivity index (χ3v) is 3.48. The zero-order valence-electron chi connectivity index (χ0n) is 10.00. The Bertz CT molecular complexity index is 465. The summed E-state index contributed by atoms with van der Waals surface area (Å²) in [4.78, 5) is 11.1. The van der Waals surface area contributed by atoms with Gasteiger partial charge >= 0.3 is 0 Å². The molecule has 1 aromatic carbocycles. The number of benzene rings is 1. The number of amides is 1. The van der Waals surface area contributed by atoms with Gasteiger partial charge in [0.15, 0.2) is 11.5 Å². The van der Waals surface area contributed by atoms with Crippen molar-refractivity contribution < 1.29 is 14.6 Å². The Hall–Kier alpha value is -1.27. The smallest absolute Gasteiger partial charge is 0.221 e. The number of carbonyl (C=O) groups is 1. The fraction of sp³-hybridized carbons (Fsp3) is 0.417. The van der Waals surface area contributed by atoms with Gasteiger partial charge in [0.1, 0.15) is 0 Å². The normalized spacial score (nSPS) is 18.8. The van der Waals surface area contributed by atoms with Gasteiger partial charge in [-0.3, -0.25) is 4.79 Å². The summed E-state index contributed by atoms with van der Waals surface area (Å²) in [5.41, 5.74) is 0.982. The van der Waals surface area contributed by atoms with Crippen molar-refractivity contribution in [1.29, 1.82) is 0 Å². The largest absolute Gasteiger partial charge is 0.503 e. The molecule has 0 bridgehead atoms. The molecule has 3 N–H and O–H groups in total. The lowest BCUT2D eigenvalue weighted by Crippen LogP contribution is -2.30. The van der Waals surface area contributed by atoms with Gasteiger partial charge in [0.25, 0.3) is 0 Å². The molecular formula is C12H15BrN2O3. The van der Waals surface area contributed by atoms with E-state index in [1.165, 1.54) is 7.11 Å². The van der Waals surface area contributed by atoms with Gasteiger partial charge in [-0.1, -0.05) is 0 Å². The highest BCUT2D eigenvalue weighted by Gasteiger charge is 2.20. The average molecular weight is 315 g/mol. The monoisotopic (exact) mass is 314 g/mol. The van der Waals surface area contributed by atoms with Crippen LogP contribution in [0.5, 0.6) is 11.5 Å². The number of nitrogens with one attached hydrogen (secondary N) is 2. The topological polar surface area (TPSA) is 70.6 Å². The van der Waals surface area contributed by atoms with E-state index in [0.717, 1.165) is 5.56 Å². The maximum absolute atomic E-state index is 11.1. The number of phenols is 1. The number of aromatic hydroxyl groups is 1. The highest BCUT2D eigenvalue weighted by atomic mass is 79.9. The van der Waals surface area contributed by atoms with Crippen molar-refractivity contribution in [2.24, 2.45) is 0 Å². The molecule has 1 aliphatic heterocycles. The quantitative estimate of drug-likeness (QED) is 0.779. The Morgan fingerprint density at radius 1 is 1.61 bits per heavy atom. The van der Waals surface area contributed by atoms with Crippen molar-refractivity contribution in [2.75, 3.05) is 13.7 Å². The summed E-state index contributed by atoms with van der Waals surface area (Å²) >= 11 is 3.28. The standard InChI is InChI=1S/C12H15BrN2O3/c1-18-10-3-7(2-9(13)12(10)17)5-14-8-4-11(16)15-6-8/h2-3,8,14,17H,4-6H2,1H3,(H,15,16). The molecule has 0 aromatic heterocycles. The Balaban J connectivity index is 2.01. The Morgan fingerprint density at radius 2 is 2.39 bits per heavy atom. The minimum atomic E-state index is 0.0805. The first-order valence-electron chi connectivity index (χ1n) is 5.65. The third kappa shape index (κ3) is 2.94. The molecule has 0 radical (unpaired) electrons. The van der Waals surface area contributed by atoms with Crippen molar-refractivity contribution >= 4 is 21.8 Å². The zero-order valence-corrected chi connectivity index (χ0v) is 11.6. The molecule has 1 aliphatic rings. The molecule has 1 fully saturated rings. The molecular weight excluding hydrogens is 300 g/mol. The van der Waals surface area contributed by atoms with Gasteiger partial charge in [0.2, 0.25) is 5.91 Å². The van der Waals surface area contributed by atoms with Crippen molar-refractivity contribution in [3.05, 3.63) is 22.2 Å². The Morgan fingerprint density at radius 3 is 3.00 bits per heavy atom. The van der Waals surface area contributed by atoms with Crippen LogP contribution in [0.4, 0.5) is 0 Å². The summed E-state index contributed by atoms with van der Waals surface area (Å²) in [7, 11) is 1.51. The number of methoxy groups -OCH3 is 1. The molecule has 6 heteroatoms. The van der Waals surface area contributed by atoms with Crippen LogP contribution in [0.3, 0.4) is 0 Å². The van der Waals surface area contributed by atoms with Gasteiger partial charge in [0, 0.05) is 25.6 Å². The molecule has 1 amide bonds. The summed E-state index contributed by atoms with van der Waals surface area (Å²) in [5.74, 6) is 0.609. The van der Waals surface area contributed by atoms with E-state index in [4.69, 9.17) is 4.74 Å². The van der Waals surface area contributed by atoms with E-state index in [9.17, 15) is 9.90 Å². The van der Waals surface area contributed by atoms with Gasteiger partial charge in [-0.05, 0) is 33.6 Å². The van der Waals surface area contributed by atoms with Gasteiger partial charge in [-0.2, -0.15) is 0 Å². The van der Waals surface area contributed by atoms with Gasteiger partial charge in [-0.15, -0.1) is 0 Å². The number of carbonyl (C=O) groups excluding carboxylic acids is 1. The van der Waals surface area contributed by atoms with E-state index < -0.39 is 0 Å². The van der Waals surface area contributed by atoms with E-state index in [1.807, 2.05) is 6.07 Å².